The molecular weight excluding hydrogens is 182 g/mol. The molecule has 0 spiro atoms. The minimum atomic E-state index is -0.383. The van der Waals surface area contributed by atoms with Crippen molar-refractivity contribution in [2.45, 2.75) is 32.2 Å². The third-order valence-corrected chi connectivity index (χ3v) is 2.13. The standard InChI is InChI=1S/C9H13N3O2/c1-2-4-7-8(13)12(6-3-5-10)9(14)11-7/h7H,2-4,6H2,1H3,(H,11,14). The van der Waals surface area contributed by atoms with Crippen molar-refractivity contribution in [2.24, 2.45) is 0 Å². The van der Waals surface area contributed by atoms with Crippen molar-refractivity contribution in [2.75, 3.05) is 6.54 Å². The first-order valence-corrected chi connectivity index (χ1v) is 4.69. The Hall–Kier alpha value is -1.57. The highest BCUT2D eigenvalue weighted by Gasteiger charge is 2.36. The second-order valence-electron chi connectivity index (χ2n) is 3.19. The Morgan fingerprint density at radius 2 is 2.29 bits per heavy atom. The van der Waals surface area contributed by atoms with Crippen molar-refractivity contribution < 1.29 is 9.59 Å². The fraction of sp³-hybridized carbons (Fsp3) is 0.667. The van der Waals surface area contributed by atoms with Gasteiger partial charge in [0.15, 0.2) is 0 Å². The van der Waals surface area contributed by atoms with Crippen LogP contribution in [0.4, 0.5) is 4.79 Å². The van der Waals surface area contributed by atoms with Crippen LogP contribution in [0, 0.1) is 11.3 Å². The number of amides is 3. The molecule has 0 aromatic rings. The highest BCUT2D eigenvalue weighted by atomic mass is 16.2. The number of hydrogen-bond donors (Lipinski definition) is 1. The Morgan fingerprint density at radius 1 is 1.57 bits per heavy atom. The number of nitriles is 1. The average Bonchev–Trinajstić information content (AvgIpc) is 2.41. The van der Waals surface area contributed by atoms with Gasteiger partial charge < -0.3 is 5.32 Å². The first kappa shape index (κ1) is 10.5. The van der Waals surface area contributed by atoms with Crippen LogP contribution in [0.5, 0.6) is 0 Å². The predicted molar refractivity (Wildman–Crippen MR) is 49.2 cm³/mol. The van der Waals surface area contributed by atoms with Gasteiger partial charge >= 0.3 is 6.03 Å². The molecule has 0 radical (unpaired) electrons. The fourth-order valence-corrected chi connectivity index (χ4v) is 1.43. The lowest BCUT2D eigenvalue weighted by Crippen LogP contribution is -2.32. The molecule has 0 saturated carbocycles. The van der Waals surface area contributed by atoms with Gasteiger partial charge in [0.1, 0.15) is 6.04 Å². The Labute approximate surface area is 82.7 Å². The molecule has 5 heteroatoms. The summed E-state index contributed by atoms with van der Waals surface area (Å²) in [7, 11) is 0. The van der Waals surface area contributed by atoms with E-state index in [1.807, 2.05) is 13.0 Å². The maximum atomic E-state index is 11.5. The third kappa shape index (κ3) is 2.02. The van der Waals surface area contributed by atoms with Crippen molar-refractivity contribution in [1.29, 1.82) is 5.26 Å². The molecule has 1 rings (SSSR count). The van der Waals surface area contributed by atoms with Crippen LogP contribution in [0.15, 0.2) is 0 Å². The first-order chi connectivity index (χ1) is 6.70. The number of imide groups is 1. The maximum Gasteiger partial charge on any atom is 0.324 e. The monoisotopic (exact) mass is 195 g/mol. The van der Waals surface area contributed by atoms with E-state index in [0.717, 1.165) is 11.3 Å². The van der Waals surface area contributed by atoms with Crippen LogP contribution < -0.4 is 5.32 Å². The number of carbonyl (C=O) groups is 2. The zero-order chi connectivity index (χ0) is 10.6. The van der Waals surface area contributed by atoms with E-state index in [9.17, 15) is 9.59 Å². The van der Waals surface area contributed by atoms with Gasteiger partial charge in [0, 0.05) is 6.54 Å². The Bertz CT molecular complexity index is 282. The minimum absolute atomic E-state index is 0.192. The summed E-state index contributed by atoms with van der Waals surface area (Å²) < 4.78 is 0. The van der Waals surface area contributed by atoms with E-state index in [1.54, 1.807) is 0 Å². The summed E-state index contributed by atoms with van der Waals surface area (Å²) >= 11 is 0. The summed E-state index contributed by atoms with van der Waals surface area (Å²) in [6.45, 7) is 2.15. The highest BCUT2D eigenvalue weighted by Crippen LogP contribution is 2.10. The molecule has 76 valence electrons. The molecule has 1 N–H and O–H groups in total. The van der Waals surface area contributed by atoms with Gasteiger partial charge in [-0.25, -0.2) is 4.79 Å². The van der Waals surface area contributed by atoms with Crippen molar-refractivity contribution >= 4 is 11.9 Å². The normalized spacial score (nSPS) is 20.9. The van der Waals surface area contributed by atoms with Crippen molar-refractivity contribution in [3.05, 3.63) is 0 Å². The molecule has 1 atom stereocenters. The van der Waals surface area contributed by atoms with E-state index in [1.165, 1.54) is 0 Å². The molecule has 3 amide bonds. The summed E-state index contributed by atoms with van der Waals surface area (Å²) in [6, 6.07) is 1.15. The second-order valence-corrected chi connectivity index (χ2v) is 3.19. The molecule has 5 nitrogen and oxygen atoms in total. The lowest BCUT2D eigenvalue weighted by Gasteiger charge is -2.09. The molecule has 14 heavy (non-hydrogen) atoms. The molecule has 1 fully saturated rings. The molecule has 1 heterocycles. The molecule has 1 unspecified atom stereocenters. The highest BCUT2D eigenvalue weighted by molar-refractivity contribution is 6.04. The molecule has 0 aromatic carbocycles. The smallest absolute Gasteiger partial charge is 0.324 e. The first-order valence-electron chi connectivity index (χ1n) is 4.69. The van der Waals surface area contributed by atoms with Crippen LogP contribution in [-0.2, 0) is 4.79 Å². The van der Waals surface area contributed by atoms with Gasteiger partial charge in [-0.3, -0.25) is 9.69 Å². The minimum Gasteiger partial charge on any atom is -0.326 e. The van der Waals surface area contributed by atoms with Gasteiger partial charge in [-0.1, -0.05) is 13.3 Å². The molecule has 0 aliphatic carbocycles. The van der Waals surface area contributed by atoms with Crippen LogP contribution in [0.3, 0.4) is 0 Å². The lowest BCUT2D eigenvalue weighted by atomic mass is 10.2. The topological polar surface area (TPSA) is 73.2 Å². The summed E-state index contributed by atoms with van der Waals surface area (Å²) in [4.78, 5) is 23.9. The molecule has 1 aliphatic rings. The summed E-state index contributed by atoms with van der Waals surface area (Å²) in [6.07, 6.45) is 1.70. The largest absolute Gasteiger partial charge is 0.326 e. The predicted octanol–water partition coefficient (Wildman–Crippen LogP) is 0.621. The van der Waals surface area contributed by atoms with E-state index in [4.69, 9.17) is 5.26 Å². The zero-order valence-corrected chi connectivity index (χ0v) is 8.12. The maximum absolute atomic E-state index is 11.5. The van der Waals surface area contributed by atoms with E-state index in [2.05, 4.69) is 5.32 Å². The van der Waals surface area contributed by atoms with E-state index < -0.39 is 0 Å². The average molecular weight is 195 g/mol. The third-order valence-electron chi connectivity index (χ3n) is 2.13. The summed E-state index contributed by atoms with van der Waals surface area (Å²) in [5.74, 6) is -0.202. The molecular formula is C9H13N3O2. The van der Waals surface area contributed by atoms with Gasteiger partial charge in [-0.05, 0) is 6.42 Å². The summed E-state index contributed by atoms with van der Waals surface area (Å²) in [5, 5.41) is 10.9. The number of nitrogens with zero attached hydrogens (tertiary/aromatic N) is 2. The number of carbonyl (C=O) groups excluding carboxylic acids is 2. The van der Waals surface area contributed by atoms with Gasteiger partial charge in [0.05, 0.1) is 12.5 Å². The number of hydrogen-bond acceptors (Lipinski definition) is 3. The zero-order valence-electron chi connectivity index (χ0n) is 8.12. The number of rotatable bonds is 4. The Morgan fingerprint density at radius 3 is 2.86 bits per heavy atom. The van der Waals surface area contributed by atoms with Gasteiger partial charge in [-0.15, -0.1) is 0 Å². The van der Waals surface area contributed by atoms with Crippen molar-refractivity contribution in [3.63, 3.8) is 0 Å². The lowest BCUT2D eigenvalue weighted by molar-refractivity contribution is -0.127. The Balaban J connectivity index is 2.57. The van der Waals surface area contributed by atoms with Crippen LogP contribution in [0.1, 0.15) is 26.2 Å². The van der Waals surface area contributed by atoms with E-state index in [0.29, 0.717) is 6.42 Å². The van der Waals surface area contributed by atoms with Gasteiger partial charge in [-0.2, -0.15) is 5.26 Å². The summed E-state index contributed by atoms with van der Waals surface area (Å²) in [5.41, 5.74) is 0. The van der Waals surface area contributed by atoms with E-state index >= 15 is 0 Å². The Kier molecular flexibility index (Phi) is 3.46. The molecule has 1 saturated heterocycles. The molecule has 1 aliphatic heterocycles. The SMILES string of the molecule is CCCC1NC(=O)N(CCC#N)C1=O. The number of nitrogens with one attached hydrogen (secondary N) is 1. The molecule has 0 bridgehead atoms. The second kappa shape index (κ2) is 4.61. The van der Waals surface area contributed by atoms with Gasteiger partial charge in [0.2, 0.25) is 0 Å². The van der Waals surface area contributed by atoms with E-state index in [-0.39, 0.29) is 30.9 Å². The fourth-order valence-electron chi connectivity index (χ4n) is 1.43. The van der Waals surface area contributed by atoms with Gasteiger partial charge in [0.25, 0.3) is 5.91 Å². The molecule has 0 aromatic heterocycles. The van der Waals surface area contributed by atoms with Crippen LogP contribution in [-0.4, -0.2) is 29.4 Å². The quantitative estimate of drug-likeness (QED) is 0.668. The van der Waals surface area contributed by atoms with Crippen LogP contribution >= 0.6 is 0 Å². The van der Waals surface area contributed by atoms with Crippen LogP contribution in [0.25, 0.3) is 0 Å². The van der Waals surface area contributed by atoms with Crippen LogP contribution in [0.2, 0.25) is 0 Å². The van der Waals surface area contributed by atoms with Crippen molar-refractivity contribution in [3.8, 4) is 6.07 Å². The number of urea groups is 1. The van der Waals surface area contributed by atoms with Crippen molar-refractivity contribution in [1.82, 2.24) is 10.2 Å².